The predicted octanol–water partition coefficient (Wildman–Crippen LogP) is 4.81. The van der Waals surface area contributed by atoms with Crippen molar-refractivity contribution in [1.29, 1.82) is 0 Å². The number of aryl methyl sites for hydroxylation is 3. The average Bonchev–Trinajstić information content (AvgIpc) is 2.56. The minimum absolute atomic E-state index is 0.153. The van der Waals surface area contributed by atoms with Crippen molar-refractivity contribution in [3.63, 3.8) is 0 Å². The summed E-state index contributed by atoms with van der Waals surface area (Å²) in [5, 5.41) is 4.05. The zero-order valence-electron chi connectivity index (χ0n) is 14.1. The number of para-hydroxylation sites is 1. The van der Waals surface area contributed by atoms with Crippen LogP contribution in [-0.4, -0.2) is 10.9 Å². The van der Waals surface area contributed by atoms with Crippen LogP contribution in [0.1, 0.15) is 22.4 Å². The van der Waals surface area contributed by atoms with Crippen LogP contribution in [0.5, 0.6) is 0 Å². The van der Waals surface area contributed by atoms with E-state index in [1.165, 1.54) is 11.6 Å². The first-order chi connectivity index (χ1) is 11.5. The van der Waals surface area contributed by atoms with Crippen LogP contribution in [0.3, 0.4) is 0 Å². The topological polar surface area (TPSA) is 42.0 Å². The van der Waals surface area contributed by atoms with Crippen LogP contribution in [0.4, 0.5) is 5.69 Å². The van der Waals surface area contributed by atoms with Gasteiger partial charge in [-0.15, -0.1) is 0 Å². The number of pyridine rings is 1. The molecule has 120 valence electrons. The monoisotopic (exact) mass is 316 g/mol. The average molecular weight is 316 g/mol. The van der Waals surface area contributed by atoms with E-state index in [1.54, 1.807) is 6.08 Å². The number of fused-ring (bicyclic) bond motifs is 1. The Bertz CT molecular complexity index is 918. The summed E-state index contributed by atoms with van der Waals surface area (Å²) in [6.07, 6.45) is 3.26. The van der Waals surface area contributed by atoms with Crippen LogP contribution in [0, 0.1) is 20.8 Å². The summed E-state index contributed by atoms with van der Waals surface area (Å²) in [5.74, 6) is -0.153. The zero-order valence-corrected chi connectivity index (χ0v) is 14.1. The minimum atomic E-state index is -0.153. The molecule has 0 atom stereocenters. The third-order valence-electron chi connectivity index (χ3n) is 3.95. The molecule has 0 unspecified atom stereocenters. The number of anilines is 1. The van der Waals surface area contributed by atoms with Crippen LogP contribution in [0.2, 0.25) is 0 Å². The molecule has 3 rings (SSSR count). The van der Waals surface area contributed by atoms with Gasteiger partial charge in [0, 0.05) is 17.1 Å². The van der Waals surface area contributed by atoms with Gasteiger partial charge in [0.15, 0.2) is 0 Å². The minimum Gasteiger partial charge on any atom is -0.322 e. The van der Waals surface area contributed by atoms with Gasteiger partial charge in [0.2, 0.25) is 5.91 Å². The zero-order chi connectivity index (χ0) is 17.1. The Morgan fingerprint density at radius 3 is 2.46 bits per heavy atom. The number of carbonyl (C=O) groups excluding carboxylic acids is 1. The molecule has 0 saturated heterocycles. The maximum Gasteiger partial charge on any atom is 0.248 e. The first-order valence-corrected chi connectivity index (χ1v) is 7.95. The van der Waals surface area contributed by atoms with E-state index < -0.39 is 0 Å². The fourth-order valence-electron chi connectivity index (χ4n) is 2.88. The van der Waals surface area contributed by atoms with Crippen molar-refractivity contribution in [1.82, 2.24) is 4.98 Å². The molecule has 3 aromatic rings. The lowest BCUT2D eigenvalue weighted by Crippen LogP contribution is -2.10. The molecule has 0 aliphatic heterocycles. The van der Waals surface area contributed by atoms with Crippen molar-refractivity contribution in [2.24, 2.45) is 0 Å². The third kappa shape index (κ3) is 3.51. The smallest absolute Gasteiger partial charge is 0.248 e. The van der Waals surface area contributed by atoms with Gasteiger partial charge in [-0.3, -0.25) is 4.79 Å². The lowest BCUT2D eigenvalue weighted by molar-refractivity contribution is -0.111. The van der Waals surface area contributed by atoms with Crippen LogP contribution >= 0.6 is 0 Å². The molecule has 1 amide bonds. The van der Waals surface area contributed by atoms with Gasteiger partial charge in [0.25, 0.3) is 0 Å². The Labute approximate surface area is 142 Å². The second kappa shape index (κ2) is 6.67. The fraction of sp³-hybridized carbons (Fsp3) is 0.143. The van der Waals surface area contributed by atoms with Gasteiger partial charge in [-0.25, -0.2) is 4.98 Å². The number of aromatic nitrogens is 1. The van der Waals surface area contributed by atoms with E-state index in [1.807, 2.05) is 50.2 Å². The third-order valence-corrected chi connectivity index (χ3v) is 3.95. The Morgan fingerprint density at radius 2 is 1.71 bits per heavy atom. The van der Waals surface area contributed by atoms with Gasteiger partial charge in [-0.1, -0.05) is 42.0 Å². The Morgan fingerprint density at radius 1 is 1.00 bits per heavy atom. The quantitative estimate of drug-likeness (QED) is 0.704. The second-order valence-corrected chi connectivity index (χ2v) is 6.03. The molecule has 0 saturated carbocycles. The number of nitrogens with zero attached hydrogens (tertiary/aromatic N) is 1. The number of nitrogens with one attached hydrogen (secondary N) is 1. The highest BCUT2D eigenvalue weighted by molar-refractivity contribution is 6.02. The highest BCUT2D eigenvalue weighted by Crippen LogP contribution is 2.22. The molecule has 1 N–H and O–H groups in total. The molecule has 0 spiro atoms. The van der Waals surface area contributed by atoms with Crippen molar-refractivity contribution in [2.75, 3.05) is 5.32 Å². The van der Waals surface area contributed by atoms with Crippen LogP contribution in [0.25, 0.3) is 17.0 Å². The van der Waals surface area contributed by atoms with Crippen molar-refractivity contribution < 1.29 is 4.79 Å². The molecule has 0 fully saturated rings. The van der Waals surface area contributed by atoms with E-state index in [4.69, 9.17) is 0 Å². The molecule has 3 nitrogen and oxygen atoms in total. The van der Waals surface area contributed by atoms with Gasteiger partial charge in [-0.2, -0.15) is 0 Å². The van der Waals surface area contributed by atoms with Crippen molar-refractivity contribution >= 4 is 28.6 Å². The summed E-state index contributed by atoms with van der Waals surface area (Å²) in [7, 11) is 0. The molecule has 0 bridgehead atoms. The number of benzene rings is 2. The normalized spacial score (nSPS) is 11.1. The summed E-state index contributed by atoms with van der Waals surface area (Å²) in [5.41, 5.74) is 5.89. The first kappa shape index (κ1) is 15.9. The Balaban J connectivity index is 1.77. The lowest BCUT2D eigenvalue weighted by Gasteiger charge is -2.11. The van der Waals surface area contributed by atoms with Gasteiger partial charge in [-0.05, 0) is 50.1 Å². The molecule has 24 heavy (non-hydrogen) atoms. The summed E-state index contributed by atoms with van der Waals surface area (Å²) in [6.45, 7) is 6.06. The Kier molecular flexibility index (Phi) is 4.43. The summed E-state index contributed by atoms with van der Waals surface area (Å²) in [4.78, 5) is 16.7. The molecule has 0 aliphatic carbocycles. The molecular formula is C21H20N2O. The largest absolute Gasteiger partial charge is 0.322 e. The molecule has 2 aromatic carbocycles. The van der Waals surface area contributed by atoms with E-state index in [0.29, 0.717) is 0 Å². The second-order valence-electron chi connectivity index (χ2n) is 6.03. The molecular weight excluding hydrogens is 296 g/mol. The fourth-order valence-corrected chi connectivity index (χ4v) is 2.88. The van der Waals surface area contributed by atoms with E-state index in [2.05, 4.69) is 29.4 Å². The van der Waals surface area contributed by atoms with Crippen LogP contribution in [0.15, 0.2) is 54.6 Å². The van der Waals surface area contributed by atoms with E-state index in [-0.39, 0.29) is 5.91 Å². The SMILES string of the molecule is Cc1cc(C)c(NC(=O)/C=C/c2ccc3ccccc3n2)c(C)c1. The van der Waals surface area contributed by atoms with E-state index >= 15 is 0 Å². The highest BCUT2D eigenvalue weighted by atomic mass is 16.1. The van der Waals surface area contributed by atoms with Gasteiger partial charge in [0.1, 0.15) is 0 Å². The molecule has 1 heterocycles. The van der Waals surface area contributed by atoms with Crippen molar-refractivity contribution in [2.45, 2.75) is 20.8 Å². The molecule has 1 aromatic heterocycles. The van der Waals surface area contributed by atoms with Crippen molar-refractivity contribution in [3.8, 4) is 0 Å². The maximum atomic E-state index is 12.2. The maximum absolute atomic E-state index is 12.2. The number of rotatable bonds is 3. The summed E-state index contributed by atoms with van der Waals surface area (Å²) < 4.78 is 0. The molecule has 0 aliphatic rings. The summed E-state index contributed by atoms with van der Waals surface area (Å²) >= 11 is 0. The first-order valence-electron chi connectivity index (χ1n) is 7.95. The summed E-state index contributed by atoms with van der Waals surface area (Å²) in [6, 6.07) is 16.0. The number of amides is 1. The number of hydrogen-bond acceptors (Lipinski definition) is 2. The van der Waals surface area contributed by atoms with E-state index in [0.717, 1.165) is 33.4 Å². The van der Waals surface area contributed by atoms with Crippen molar-refractivity contribution in [3.05, 3.63) is 77.0 Å². The molecule has 0 radical (unpaired) electrons. The van der Waals surface area contributed by atoms with Gasteiger partial charge >= 0.3 is 0 Å². The molecule has 3 heteroatoms. The lowest BCUT2D eigenvalue weighted by atomic mass is 10.1. The standard InChI is InChI=1S/C21H20N2O/c1-14-12-15(2)21(16(3)13-14)23-20(24)11-10-18-9-8-17-6-4-5-7-19(17)22-18/h4-13H,1-3H3,(H,23,24)/b11-10+. The number of carbonyl (C=O) groups is 1. The van der Waals surface area contributed by atoms with Crippen LogP contribution in [-0.2, 0) is 4.79 Å². The van der Waals surface area contributed by atoms with Gasteiger partial charge < -0.3 is 5.32 Å². The predicted molar refractivity (Wildman–Crippen MR) is 100 cm³/mol. The Hall–Kier alpha value is -2.94. The van der Waals surface area contributed by atoms with E-state index in [9.17, 15) is 4.79 Å². The van der Waals surface area contributed by atoms with Gasteiger partial charge in [0.05, 0.1) is 11.2 Å². The number of hydrogen-bond donors (Lipinski definition) is 1. The van der Waals surface area contributed by atoms with Crippen LogP contribution < -0.4 is 5.32 Å². The highest BCUT2D eigenvalue weighted by Gasteiger charge is 2.06.